The Morgan fingerprint density at radius 3 is 2.62 bits per heavy atom. The molecule has 0 aliphatic carbocycles. The summed E-state index contributed by atoms with van der Waals surface area (Å²) in [5.74, 6) is 1.96. The summed E-state index contributed by atoms with van der Waals surface area (Å²) >= 11 is 1.58. The van der Waals surface area contributed by atoms with Crippen LogP contribution in [-0.2, 0) is 19.4 Å². The number of H-pyrrole nitrogens is 1. The number of nitrogens with zero attached hydrogens (tertiary/aromatic N) is 3. The molecule has 0 amide bonds. The molecule has 0 aliphatic rings. The normalized spacial score (nSPS) is 10.8. The molecule has 2 N–H and O–H groups in total. The maximum absolute atomic E-state index is 10.0. The highest BCUT2D eigenvalue weighted by Crippen LogP contribution is 2.29. The van der Waals surface area contributed by atoms with Crippen LogP contribution in [0.3, 0.4) is 0 Å². The van der Waals surface area contributed by atoms with Gasteiger partial charge in [-0.1, -0.05) is 55.4 Å². The molecule has 0 radical (unpaired) electrons. The van der Waals surface area contributed by atoms with E-state index in [2.05, 4.69) is 51.8 Å². The van der Waals surface area contributed by atoms with Crippen molar-refractivity contribution in [3.8, 4) is 11.5 Å². The number of phenols is 1. The molecule has 0 aliphatic heterocycles. The molecule has 0 unspecified atom stereocenters. The Kier molecular flexibility index (Phi) is 6.49. The highest BCUT2D eigenvalue weighted by Gasteiger charge is 2.08. The molecule has 7 heteroatoms. The van der Waals surface area contributed by atoms with E-state index in [1.54, 1.807) is 17.8 Å². The molecule has 1 heterocycles. The fraction of sp³-hybridized carbons (Fsp3) is 0.316. The third-order valence-corrected chi connectivity index (χ3v) is 4.81. The number of aromatic hydroxyl groups is 1. The Bertz CT molecular complexity index is 807. The molecule has 1 aromatic heterocycles. The zero-order valence-electron chi connectivity index (χ0n) is 14.7. The second kappa shape index (κ2) is 9.24. The smallest absolute Gasteiger partial charge is 0.230 e. The van der Waals surface area contributed by atoms with Crippen LogP contribution in [0.1, 0.15) is 30.0 Å². The lowest BCUT2D eigenvalue weighted by molar-refractivity contribution is 0.300. The summed E-state index contributed by atoms with van der Waals surface area (Å²) in [6.07, 6.45) is 2.71. The lowest BCUT2D eigenvalue weighted by Gasteiger charge is -2.12. The van der Waals surface area contributed by atoms with Crippen molar-refractivity contribution in [3.05, 3.63) is 59.2 Å². The van der Waals surface area contributed by atoms with Crippen molar-refractivity contribution < 1.29 is 9.84 Å². The van der Waals surface area contributed by atoms with Gasteiger partial charge in [0, 0.05) is 11.3 Å². The monoisotopic (exact) mass is 370 g/mol. The van der Waals surface area contributed by atoms with E-state index in [4.69, 9.17) is 4.74 Å². The van der Waals surface area contributed by atoms with Crippen molar-refractivity contribution in [2.75, 3.05) is 5.75 Å². The molecule has 6 nitrogen and oxygen atoms in total. The van der Waals surface area contributed by atoms with E-state index in [0.717, 1.165) is 41.9 Å². The fourth-order valence-electron chi connectivity index (χ4n) is 2.63. The van der Waals surface area contributed by atoms with Crippen LogP contribution in [-0.4, -0.2) is 31.5 Å². The van der Waals surface area contributed by atoms with Crippen LogP contribution in [0.2, 0.25) is 0 Å². The van der Waals surface area contributed by atoms with Gasteiger partial charge in [0.2, 0.25) is 5.16 Å². The Balaban J connectivity index is 1.52. The standard InChI is InChI=1S/C19H22N4O2S/c1-2-4-16-17(24)5-3-6-18(16)25-13-15-9-7-14(8-10-15)11-12-26-19-20-22-23-21-19/h3,5-10,24H,2,4,11-13H2,1H3,(H,20,21,22,23). The molecule has 26 heavy (non-hydrogen) atoms. The number of phenolic OH excluding ortho intramolecular Hbond substituents is 1. The Hall–Kier alpha value is -2.54. The molecule has 3 aromatic rings. The van der Waals surface area contributed by atoms with Crippen molar-refractivity contribution >= 4 is 11.8 Å². The minimum absolute atomic E-state index is 0.304. The van der Waals surface area contributed by atoms with E-state index < -0.39 is 0 Å². The van der Waals surface area contributed by atoms with Crippen LogP contribution >= 0.6 is 11.8 Å². The molecule has 0 bridgehead atoms. The molecule has 2 aromatic carbocycles. The molecular weight excluding hydrogens is 348 g/mol. The van der Waals surface area contributed by atoms with Gasteiger partial charge in [0.1, 0.15) is 18.1 Å². The van der Waals surface area contributed by atoms with Crippen LogP contribution in [0.4, 0.5) is 0 Å². The largest absolute Gasteiger partial charge is 0.508 e. The van der Waals surface area contributed by atoms with Gasteiger partial charge in [-0.3, -0.25) is 0 Å². The van der Waals surface area contributed by atoms with Crippen molar-refractivity contribution in [2.24, 2.45) is 0 Å². The lowest BCUT2D eigenvalue weighted by Crippen LogP contribution is -1.99. The summed E-state index contributed by atoms with van der Waals surface area (Å²) in [4.78, 5) is 0. The number of hydrogen-bond acceptors (Lipinski definition) is 6. The minimum atomic E-state index is 0.304. The van der Waals surface area contributed by atoms with Gasteiger partial charge in [-0.2, -0.15) is 5.21 Å². The topological polar surface area (TPSA) is 83.9 Å². The van der Waals surface area contributed by atoms with Crippen LogP contribution in [0.15, 0.2) is 47.6 Å². The molecule has 3 rings (SSSR count). The quantitative estimate of drug-likeness (QED) is 0.558. The van der Waals surface area contributed by atoms with Gasteiger partial charge in [0.05, 0.1) is 0 Å². The summed E-state index contributed by atoms with van der Waals surface area (Å²) in [5.41, 5.74) is 3.24. The van der Waals surface area contributed by atoms with Gasteiger partial charge < -0.3 is 9.84 Å². The summed E-state index contributed by atoms with van der Waals surface area (Å²) in [6.45, 7) is 2.57. The van der Waals surface area contributed by atoms with Gasteiger partial charge in [-0.15, -0.1) is 10.2 Å². The first kappa shape index (κ1) is 18.3. The van der Waals surface area contributed by atoms with Crippen molar-refractivity contribution in [1.29, 1.82) is 0 Å². The first-order valence-corrected chi connectivity index (χ1v) is 9.62. The molecule has 0 spiro atoms. The number of rotatable bonds is 9. The second-order valence-corrected chi connectivity index (χ2v) is 6.96. The van der Waals surface area contributed by atoms with E-state index in [1.165, 1.54) is 5.56 Å². The van der Waals surface area contributed by atoms with Crippen molar-refractivity contribution in [1.82, 2.24) is 20.6 Å². The van der Waals surface area contributed by atoms with E-state index in [-0.39, 0.29) is 0 Å². The third kappa shape index (κ3) is 4.98. The number of ether oxygens (including phenoxy) is 1. The van der Waals surface area contributed by atoms with Gasteiger partial charge in [-0.05, 0) is 41.3 Å². The average Bonchev–Trinajstić information content (AvgIpc) is 3.17. The number of thioether (sulfide) groups is 1. The van der Waals surface area contributed by atoms with Crippen LogP contribution in [0.5, 0.6) is 11.5 Å². The summed E-state index contributed by atoms with van der Waals surface area (Å²) in [7, 11) is 0. The number of aromatic amines is 1. The number of aromatic nitrogens is 4. The molecule has 0 saturated carbocycles. The SMILES string of the molecule is CCCc1c(O)cccc1OCc1ccc(CCSc2nn[nH]n2)cc1. The van der Waals surface area contributed by atoms with E-state index in [1.807, 2.05) is 12.1 Å². The number of tetrazole rings is 1. The van der Waals surface area contributed by atoms with Crippen LogP contribution < -0.4 is 4.74 Å². The van der Waals surface area contributed by atoms with Gasteiger partial charge in [-0.25, -0.2) is 0 Å². The highest BCUT2D eigenvalue weighted by molar-refractivity contribution is 7.99. The van der Waals surface area contributed by atoms with Crippen molar-refractivity contribution in [2.45, 2.75) is 37.9 Å². The van der Waals surface area contributed by atoms with Crippen LogP contribution in [0, 0.1) is 0 Å². The molecule has 136 valence electrons. The predicted octanol–water partition coefficient (Wildman–Crippen LogP) is 3.77. The Morgan fingerprint density at radius 1 is 1.08 bits per heavy atom. The summed E-state index contributed by atoms with van der Waals surface area (Å²) in [6, 6.07) is 13.8. The number of aryl methyl sites for hydroxylation is 1. The molecule has 0 fully saturated rings. The van der Waals surface area contributed by atoms with Gasteiger partial charge in [0.15, 0.2) is 0 Å². The maximum atomic E-state index is 10.0. The van der Waals surface area contributed by atoms with Gasteiger partial charge in [0.25, 0.3) is 0 Å². The van der Waals surface area contributed by atoms with E-state index >= 15 is 0 Å². The summed E-state index contributed by atoms with van der Waals surface area (Å²) in [5, 5.41) is 24.5. The number of nitrogens with one attached hydrogen (secondary N) is 1. The van der Waals surface area contributed by atoms with Crippen molar-refractivity contribution in [3.63, 3.8) is 0 Å². The second-order valence-electron chi connectivity index (χ2n) is 5.90. The lowest BCUT2D eigenvalue weighted by atomic mass is 10.1. The zero-order valence-corrected chi connectivity index (χ0v) is 15.5. The first-order valence-electron chi connectivity index (χ1n) is 8.64. The molecular formula is C19H22N4O2S. The highest BCUT2D eigenvalue weighted by atomic mass is 32.2. The van der Waals surface area contributed by atoms with Crippen LogP contribution in [0.25, 0.3) is 0 Å². The first-order chi connectivity index (χ1) is 12.8. The fourth-order valence-corrected chi connectivity index (χ4v) is 3.35. The Morgan fingerprint density at radius 2 is 1.88 bits per heavy atom. The van der Waals surface area contributed by atoms with Gasteiger partial charge >= 0.3 is 0 Å². The number of benzene rings is 2. The summed E-state index contributed by atoms with van der Waals surface area (Å²) < 4.78 is 5.94. The average molecular weight is 370 g/mol. The Labute approximate surface area is 157 Å². The third-order valence-electron chi connectivity index (χ3n) is 3.97. The molecule has 0 atom stereocenters. The van der Waals surface area contributed by atoms with E-state index in [0.29, 0.717) is 17.5 Å². The van der Waals surface area contributed by atoms with E-state index in [9.17, 15) is 5.11 Å². The predicted molar refractivity (Wildman–Crippen MR) is 101 cm³/mol. The molecule has 0 saturated heterocycles. The minimum Gasteiger partial charge on any atom is -0.508 e. The zero-order chi connectivity index (χ0) is 18.2. The maximum Gasteiger partial charge on any atom is 0.230 e. The number of hydrogen-bond donors (Lipinski definition) is 2.